The van der Waals surface area contributed by atoms with Crippen LogP contribution in [0.2, 0.25) is 0 Å². The van der Waals surface area contributed by atoms with Crippen molar-refractivity contribution in [2.24, 2.45) is 15.2 Å². The summed E-state index contributed by atoms with van der Waals surface area (Å²) in [7, 11) is -1.06. The summed E-state index contributed by atoms with van der Waals surface area (Å²) in [4.78, 5) is 15.4. The van der Waals surface area contributed by atoms with Gasteiger partial charge in [-0.3, -0.25) is 4.79 Å². The third-order valence-electron chi connectivity index (χ3n) is 6.43. The summed E-state index contributed by atoms with van der Waals surface area (Å²) in [6.45, 7) is 7.37. The average molecular weight is 432 g/mol. The minimum absolute atomic E-state index is 0.0679. The highest BCUT2D eigenvalue weighted by Crippen LogP contribution is 2.52. The Hall–Kier alpha value is -2.35. The number of methoxy groups -OCH3 is 1. The molecule has 2 bridgehead atoms. The Morgan fingerprint density at radius 1 is 1.23 bits per heavy atom. The molecule has 2 heterocycles. The van der Waals surface area contributed by atoms with Crippen molar-refractivity contribution in [2.75, 3.05) is 20.7 Å². The number of likely N-dealkylation sites (N-methyl/N-ethyl adjacent to an activating group) is 1. The van der Waals surface area contributed by atoms with Crippen molar-refractivity contribution in [3.05, 3.63) is 41.6 Å². The summed E-state index contributed by atoms with van der Waals surface area (Å²) in [5.41, 5.74) is 1.20. The van der Waals surface area contributed by atoms with Crippen molar-refractivity contribution >= 4 is 21.8 Å². The highest BCUT2D eigenvalue weighted by molar-refractivity contribution is 7.88. The molecule has 0 aromatic heterocycles. The van der Waals surface area contributed by atoms with E-state index in [4.69, 9.17) is 4.74 Å². The largest absolute Gasteiger partial charge is 0.497 e. The zero-order valence-corrected chi connectivity index (χ0v) is 19.0. The molecule has 8 heteroatoms. The molecule has 1 amide bonds. The minimum Gasteiger partial charge on any atom is -0.497 e. The molecule has 1 aromatic carbocycles. The molecule has 2 atom stereocenters. The van der Waals surface area contributed by atoms with Crippen LogP contribution in [-0.4, -0.2) is 56.0 Å². The van der Waals surface area contributed by atoms with E-state index in [1.807, 2.05) is 4.90 Å². The Morgan fingerprint density at radius 3 is 2.67 bits per heavy atom. The molecule has 1 aromatic rings. The zero-order chi connectivity index (χ0) is 21.9. The van der Waals surface area contributed by atoms with Gasteiger partial charge in [-0.2, -0.15) is 8.42 Å². The van der Waals surface area contributed by atoms with Crippen LogP contribution in [0.3, 0.4) is 0 Å². The van der Waals surface area contributed by atoms with Gasteiger partial charge in [-0.05, 0) is 48.3 Å². The summed E-state index contributed by atoms with van der Waals surface area (Å²) in [6, 6.07) is 7.14. The number of benzene rings is 1. The molecule has 4 rings (SSSR count). The van der Waals surface area contributed by atoms with Crippen molar-refractivity contribution in [1.29, 1.82) is 0 Å². The first kappa shape index (κ1) is 20.9. The smallest absolute Gasteiger partial charge is 0.345 e. The predicted octanol–water partition coefficient (Wildman–Crippen LogP) is 2.99. The molecule has 0 spiro atoms. The van der Waals surface area contributed by atoms with Crippen LogP contribution in [0.25, 0.3) is 0 Å². The van der Waals surface area contributed by atoms with Crippen molar-refractivity contribution < 1.29 is 17.9 Å². The van der Waals surface area contributed by atoms with Gasteiger partial charge in [0.2, 0.25) is 0 Å². The molecule has 1 saturated heterocycles. The number of likely N-dealkylation sites (tertiary alicyclic amines) is 1. The second kappa shape index (κ2) is 6.83. The van der Waals surface area contributed by atoms with E-state index in [1.54, 1.807) is 37.5 Å². The maximum absolute atomic E-state index is 13.6. The Bertz CT molecular complexity index is 1060. The van der Waals surface area contributed by atoms with Crippen molar-refractivity contribution in [1.82, 2.24) is 9.21 Å². The highest BCUT2D eigenvalue weighted by atomic mass is 32.2. The first-order valence-corrected chi connectivity index (χ1v) is 11.6. The van der Waals surface area contributed by atoms with Crippen LogP contribution in [0.5, 0.6) is 5.75 Å². The summed E-state index contributed by atoms with van der Waals surface area (Å²) < 4.78 is 35.6. The van der Waals surface area contributed by atoms with Crippen molar-refractivity contribution in [2.45, 2.75) is 46.1 Å². The summed E-state index contributed by atoms with van der Waals surface area (Å²) in [6.07, 6.45) is 4.52. The average Bonchev–Trinajstić information content (AvgIpc) is 2.92. The van der Waals surface area contributed by atoms with E-state index < -0.39 is 10.2 Å². The lowest BCUT2D eigenvalue weighted by Gasteiger charge is -2.39. The molecular weight excluding hydrogens is 402 g/mol. The number of carbonyl (C=O) groups is 1. The Labute approximate surface area is 178 Å². The van der Waals surface area contributed by atoms with Crippen LogP contribution in [0.4, 0.5) is 0 Å². The zero-order valence-electron chi connectivity index (χ0n) is 18.2. The maximum Gasteiger partial charge on any atom is 0.345 e. The lowest BCUT2D eigenvalue weighted by atomic mass is 9.65. The third-order valence-corrected chi connectivity index (χ3v) is 7.75. The quantitative estimate of drug-likeness (QED) is 0.737. The standard InChI is InChI=1S/C22H29N3O4S/c1-21(2)11-16-12-22(3,13-21)14-25(16)20(26)19-10-18(23-30(27,28)24(19)4)15-7-6-8-17(9-15)29-5/h6-10,16H,11-14H2,1-5H3/t16-,22-/m1/s1. The fourth-order valence-corrected chi connectivity index (χ4v) is 6.42. The number of hydrogen-bond acceptors (Lipinski definition) is 4. The van der Waals surface area contributed by atoms with Crippen LogP contribution in [0.15, 0.2) is 40.4 Å². The molecule has 1 aliphatic carbocycles. The SMILES string of the molecule is COc1cccc(C2=NS(=O)(=O)N(C)C(C(=O)N3C[C@]4(C)C[C@H]3CC(C)(C)C4)=C2)c1. The van der Waals surface area contributed by atoms with Gasteiger partial charge in [0.1, 0.15) is 11.4 Å². The number of amides is 1. The van der Waals surface area contributed by atoms with Crippen LogP contribution >= 0.6 is 0 Å². The van der Waals surface area contributed by atoms with E-state index >= 15 is 0 Å². The molecular formula is C22H29N3O4S. The third kappa shape index (κ3) is 3.62. The van der Waals surface area contributed by atoms with Gasteiger partial charge in [0.05, 0.1) is 12.8 Å². The normalized spacial score (nSPS) is 29.3. The lowest BCUT2D eigenvalue weighted by Crippen LogP contribution is -2.43. The number of rotatable bonds is 3. The summed E-state index contributed by atoms with van der Waals surface area (Å²) in [5, 5.41) is 0. The number of carbonyl (C=O) groups excluding carboxylic acids is 1. The van der Waals surface area contributed by atoms with Gasteiger partial charge in [-0.1, -0.05) is 32.9 Å². The maximum atomic E-state index is 13.6. The van der Waals surface area contributed by atoms with E-state index in [0.717, 1.165) is 23.6 Å². The molecule has 7 nitrogen and oxygen atoms in total. The molecule has 3 aliphatic rings. The molecule has 2 aliphatic heterocycles. The van der Waals surface area contributed by atoms with Gasteiger partial charge in [0.15, 0.2) is 0 Å². The first-order chi connectivity index (χ1) is 13.9. The van der Waals surface area contributed by atoms with Crippen LogP contribution < -0.4 is 4.74 Å². The topological polar surface area (TPSA) is 79.3 Å². The van der Waals surface area contributed by atoms with Gasteiger partial charge in [-0.15, -0.1) is 4.40 Å². The van der Waals surface area contributed by atoms with Gasteiger partial charge in [0, 0.05) is 25.2 Å². The molecule has 162 valence electrons. The van der Waals surface area contributed by atoms with Gasteiger partial charge in [0.25, 0.3) is 5.91 Å². The van der Waals surface area contributed by atoms with Crippen molar-refractivity contribution in [3.8, 4) is 5.75 Å². The highest BCUT2D eigenvalue weighted by Gasteiger charge is 2.52. The minimum atomic E-state index is -4.00. The lowest BCUT2D eigenvalue weighted by molar-refractivity contribution is -0.129. The van der Waals surface area contributed by atoms with Crippen molar-refractivity contribution in [3.63, 3.8) is 0 Å². The Morgan fingerprint density at radius 2 is 1.97 bits per heavy atom. The van der Waals surface area contributed by atoms with E-state index in [2.05, 4.69) is 25.2 Å². The second-order valence-corrected chi connectivity index (χ2v) is 11.5. The fourth-order valence-electron chi connectivity index (χ4n) is 5.52. The number of fused-ring (bicyclic) bond motifs is 2. The molecule has 1 saturated carbocycles. The number of allylic oxidation sites excluding steroid dienone is 1. The molecule has 0 N–H and O–H groups in total. The monoisotopic (exact) mass is 431 g/mol. The van der Waals surface area contributed by atoms with Gasteiger partial charge < -0.3 is 9.64 Å². The Balaban J connectivity index is 1.71. The Kier molecular flexibility index (Phi) is 4.76. The summed E-state index contributed by atoms with van der Waals surface area (Å²) in [5.74, 6) is 0.346. The van der Waals surface area contributed by atoms with E-state index in [0.29, 0.717) is 17.9 Å². The molecule has 2 fully saturated rings. The van der Waals surface area contributed by atoms with Crippen LogP contribution in [0.1, 0.15) is 45.6 Å². The second-order valence-electron chi connectivity index (χ2n) is 9.83. The molecule has 30 heavy (non-hydrogen) atoms. The number of hydrogen-bond donors (Lipinski definition) is 0. The van der Waals surface area contributed by atoms with Gasteiger partial charge >= 0.3 is 10.2 Å². The fraction of sp³-hybridized carbons (Fsp3) is 0.545. The summed E-state index contributed by atoms with van der Waals surface area (Å²) >= 11 is 0. The van der Waals surface area contributed by atoms with Crippen LogP contribution in [0, 0.1) is 10.8 Å². The predicted molar refractivity (Wildman–Crippen MR) is 116 cm³/mol. The molecule has 0 unspecified atom stereocenters. The first-order valence-electron chi connectivity index (χ1n) is 10.2. The van der Waals surface area contributed by atoms with Gasteiger partial charge in [-0.25, -0.2) is 4.31 Å². The molecule has 0 radical (unpaired) electrons. The van der Waals surface area contributed by atoms with Crippen LogP contribution in [-0.2, 0) is 15.0 Å². The van der Waals surface area contributed by atoms with E-state index in [1.165, 1.54) is 7.05 Å². The van der Waals surface area contributed by atoms with E-state index in [9.17, 15) is 13.2 Å². The van der Waals surface area contributed by atoms with E-state index in [-0.39, 0.29) is 34.2 Å². The number of nitrogens with zero attached hydrogens (tertiary/aromatic N) is 3. The number of ether oxygens (including phenoxy) is 1.